The van der Waals surface area contributed by atoms with E-state index in [9.17, 15) is 13.6 Å². The van der Waals surface area contributed by atoms with E-state index in [1.54, 1.807) is 0 Å². The van der Waals surface area contributed by atoms with E-state index in [1.165, 1.54) is 19.2 Å². The highest BCUT2D eigenvalue weighted by Gasteiger charge is 2.14. The molecule has 1 atom stereocenters. The number of aldehydes is 1. The van der Waals surface area contributed by atoms with Crippen LogP contribution in [-0.2, 0) is 11.2 Å². The van der Waals surface area contributed by atoms with Gasteiger partial charge in [-0.05, 0) is 30.5 Å². The highest BCUT2D eigenvalue weighted by molar-refractivity contribution is 5.54. The summed E-state index contributed by atoms with van der Waals surface area (Å²) in [5, 5.41) is 0. The molecule has 0 spiro atoms. The molecule has 0 saturated heterocycles. The summed E-state index contributed by atoms with van der Waals surface area (Å²) < 4.78 is 38.5. The molecule has 0 saturated carbocycles. The second-order valence-electron chi connectivity index (χ2n) is 3.84. The molecule has 0 amide bonds. The van der Waals surface area contributed by atoms with Crippen molar-refractivity contribution in [3.8, 4) is 5.75 Å². The summed E-state index contributed by atoms with van der Waals surface area (Å²) >= 11 is 0. The van der Waals surface area contributed by atoms with E-state index in [1.807, 2.05) is 0 Å². The summed E-state index contributed by atoms with van der Waals surface area (Å²) in [4.78, 5) is 10.8. The van der Waals surface area contributed by atoms with Gasteiger partial charge in [-0.25, -0.2) is 8.78 Å². The quantitative estimate of drug-likeness (QED) is 0.719. The van der Waals surface area contributed by atoms with E-state index in [0.29, 0.717) is 18.4 Å². The Morgan fingerprint density at radius 1 is 1.47 bits per heavy atom. The first-order valence-corrected chi connectivity index (χ1v) is 5.38. The lowest BCUT2D eigenvalue weighted by atomic mass is 9.96. The summed E-state index contributed by atoms with van der Waals surface area (Å²) in [5.41, 5.74) is 0.424. The number of ether oxygens (including phenoxy) is 1. The Kier molecular flexibility index (Phi) is 4.47. The highest BCUT2D eigenvalue weighted by atomic mass is 19.1. The minimum Gasteiger partial charge on any atom is -0.491 e. The van der Waals surface area contributed by atoms with Gasteiger partial charge in [-0.3, -0.25) is 0 Å². The first-order chi connectivity index (χ1) is 8.62. The lowest BCUT2D eigenvalue weighted by molar-refractivity contribution is -0.111. The molecule has 0 aliphatic heterocycles. The summed E-state index contributed by atoms with van der Waals surface area (Å²) in [7, 11) is 1.20. The maximum atomic E-state index is 13.4. The Hall–Kier alpha value is -1.45. The molecule has 94 valence electrons. The second kappa shape index (κ2) is 6.33. The Balaban J connectivity index is 2.80. The number of carbonyl (C=O) groups is 1. The number of methoxy groups -OCH3 is 1. The van der Waals surface area contributed by atoms with Crippen LogP contribution in [0, 0.1) is 17.6 Å². The lowest BCUT2D eigenvalue weighted by Crippen LogP contribution is -2.07. The van der Waals surface area contributed by atoms with Gasteiger partial charge in [-0.2, -0.15) is 0 Å². The van der Waals surface area contributed by atoms with Crippen LogP contribution in [0.15, 0.2) is 12.1 Å². The van der Waals surface area contributed by atoms with Gasteiger partial charge in [0.1, 0.15) is 6.29 Å². The van der Waals surface area contributed by atoms with Crippen molar-refractivity contribution in [3.63, 3.8) is 0 Å². The average molecular weight is 244 g/mol. The molecule has 0 heterocycles. The first kappa shape index (κ1) is 12.0. The molecule has 0 aliphatic carbocycles. The number of benzene rings is 1. The van der Waals surface area contributed by atoms with Crippen molar-refractivity contribution in [1.82, 2.24) is 0 Å². The molecule has 1 aromatic carbocycles. The SMILES string of the molecule is [3H]CCCC(C=O)Cc1cc(F)c(OC)c(F)c1. The van der Waals surface area contributed by atoms with Gasteiger partial charge >= 0.3 is 0 Å². The predicted octanol–water partition coefficient (Wildman–Crippen LogP) is 3.13. The monoisotopic (exact) mass is 244 g/mol. The molecular weight excluding hydrogens is 226 g/mol. The van der Waals surface area contributed by atoms with Gasteiger partial charge in [-0.1, -0.05) is 13.3 Å². The Labute approximate surface area is 101 Å². The van der Waals surface area contributed by atoms with Crippen LogP contribution in [0.3, 0.4) is 0 Å². The van der Waals surface area contributed by atoms with Crippen LogP contribution in [0.5, 0.6) is 5.75 Å². The maximum Gasteiger partial charge on any atom is 0.190 e. The van der Waals surface area contributed by atoms with Crippen LogP contribution in [0.2, 0.25) is 0 Å². The van der Waals surface area contributed by atoms with Crippen molar-refractivity contribution >= 4 is 6.29 Å². The van der Waals surface area contributed by atoms with Gasteiger partial charge in [0.2, 0.25) is 0 Å². The van der Waals surface area contributed by atoms with Crippen LogP contribution < -0.4 is 4.74 Å². The van der Waals surface area contributed by atoms with E-state index in [0.717, 1.165) is 6.29 Å². The van der Waals surface area contributed by atoms with E-state index in [4.69, 9.17) is 1.37 Å². The third-order valence-corrected chi connectivity index (χ3v) is 2.53. The van der Waals surface area contributed by atoms with Crippen LogP contribution >= 0.6 is 0 Å². The summed E-state index contributed by atoms with van der Waals surface area (Å²) in [5.74, 6) is -2.25. The number of halogens is 2. The van der Waals surface area contributed by atoms with Gasteiger partial charge in [0.25, 0.3) is 0 Å². The third-order valence-electron chi connectivity index (χ3n) is 2.53. The van der Waals surface area contributed by atoms with Gasteiger partial charge in [-0.15, -0.1) is 0 Å². The molecule has 0 fully saturated rings. The van der Waals surface area contributed by atoms with Crippen molar-refractivity contribution < 1.29 is 19.7 Å². The average Bonchev–Trinajstić information content (AvgIpc) is 2.34. The molecule has 1 rings (SSSR count). The van der Waals surface area contributed by atoms with E-state index < -0.39 is 17.4 Å². The topological polar surface area (TPSA) is 26.3 Å². The Morgan fingerprint density at radius 3 is 2.59 bits per heavy atom. The van der Waals surface area contributed by atoms with E-state index >= 15 is 0 Å². The second-order valence-corrected chi connectivity index (χ2v) is 3.84. The fourth-order valence-electron chi connectivity index (χ4n) is 1.71. The normalized spacial score (nSPS) is 13.0. The molecule has 1 aromatic rings. The maximum absolute atomic E-state index is 13.4. The molecule has 0 radical (unpaired) electrons. The van der Waals surface area contributed by atoms with Crippen molar-refractivity contribution in [2.75, 3.05) is 7.11 Å². The first-order valence-electron chi connectivity index (χ1n) is 6.09. The number of carbonyl (C=O) groups excluding carboxylic acids is 1. The van der Waals surface area contributed by atoms with Crippen molar-refractivity contribution in [2.24, 2.45) is 5.92 Å². The van der Waals surface area contributed by atoms with Crippen molar-refractivity contribution in [1.29, 1.82) is 0 Å². The smallest absolute Gasteiger partial charge is 0.190 e. The van der Waals surface area contributed by atoms with Crippen LogP contribution in [0.4, 0.5) is 8.78 Å². The third kappa shape index (κ3) is 3.51. The molecule has 4 heteroatoms. The number of hydrogen-bond acceptors (Lipinski definition) is 2. The summed E-state index contributed by atoms with van der Waals surface area (Å²) in [6, 6.07) is 2.36. The van der Waals surface area contributed by atoms with Gasteiger partial charge < -0.3 is 9.53 Å². The van der Waals surface area contributed by atoms with Crippen molar-refractivity contribution in [2.45, 2.75) is 26.2 Å². The molecular formula is C13H16F2O2. The van der Waals surface area contributed by atoms with Gasteiger partial charge in [0.15, 0.2) is 17.4 Å². The molecule has 17 heavy (non-hydrogen) atoms. The van der Waals surface area contributed by atoms with Crippen molar-refractivity contribution in [3.05, 3.63) is 29.3 Å². The lowest BCUT2D eigenvalue weighted by Gasteiger charge is -2.10. The molecule has 2 nitrogen and oxygen atoms in total. The molecule has 0 bridgehead atoms. The minimum atomic E-state index is -0.766. The fourth-order valence-corrected chi connectivity index (χ4v) is 1.71. The molecule has 0 aliphatic rings. The Morgan fingerprint density at radius 2 is 2.12 bits per heavy atom. The summed E-state index contributed by atoms with van der Waals surface area (Å²) in [6.07, 6.45) is 2.21. The molecule has 0 N–H and O–H groups in total. The fraction of sp³-hybridized carbons (Fsp3) is 0.462. The molecule has 1 unspecified atom stereocenters. The number of rotatable bonds is 6. The van der Waals surface area contributed by atoms with Crippen LogP contribution in [0.25, 0.3) is 0 Å². The zero-order valence-corrected chi connectivity index (χ0v) is 9.71. The number of hydrogen-bond donors (Lipinski definition) is 0. The van der Waals surface area contributed by atoms with Crippen LogP contribution in [0.1, 0.15) is 26.7 Å². The summed E-state index contributed by atoms with van der Waals surface area (Å²) in [6.45, 7) is 0.246. The largest absolute Gasteiger partial charge is 0.491 e. The zero-order chi connectivity index (χ0) is 13.5. The van der Waals surface area contributed by atoms with Gasteiger partial charge in [0.05, 0.1) is 7.11 Å². The molecule has 0 aromatic heterocycles. The van der Waals surface area contributed by atoms with E-state index in [2.05, 4.69) is 4.74 Å². The van der Waals surface area contributed by atoms with Crippen LogP contribution in [-0.4, -0.2) is 13.4 Å². The Bertz CT molecular complexity index is 387. The van der Waals surface area contributed by atoms with Gasteiger partial charge in [0, 0.05) is 7.29 Å². The minimum absolute atomic E-state index is 0.246. The standard InChI is InChI=1S/C13H16F2O2/c1-3-4-9(8-16)5-10-6-11(14)13(17-2)12(15)7-10/h6-9H,3-5H2,1-2H3/i1T. The van der Waals surface area contributed by atoms with E-state index in [-0.39, 0.29) is 19.2 Å². The zero-order valence-electron chi connectivity index (χ0n) is 10.7. The highest BCUT2D eigenvalue weighted by Crippen LogP contribution is 2.24. The predicted molar refractivity (Wildman–Crippen MR) is 61.1 cm³/mol.